The van der Waals surface area contributed by atoms with Gasteiger partial charge in [-0.1, -0.05) is 23.7 Å². The number of rotatable bonds is 7. The fourth-order valence-electron chi connectivity index (χ4n) is 1.70. The molecule has 0 aliphatic carbocycles. The number of amides is 1. The van der Waals surface area contributed by atoms with Crippen molar-refractivity contribution in [1.82, 2.24) is 4.90 Å². The van der Waals surface area contributed by atoms with E-state index in [2.05, 4.69) is 5.16 Å². The van der Waals surface area contributed by atoms with E-state index < -0.39 is 0 Å². The highest BCUT2D eigenvalue weighted by Gasteiger charge is 2.18. The second-order valence-electron chi connectivity index (χ2n) is 4.60. The molecule has 1 aromatic carbocycles. The molecule has 1 unspecified atom stereocenters. The maximum atomic E-state index is 12.1. The number of carbonyl (C=O) groups excluding carboxylic acids is 1. The first-order valence-electron chi connectivity index (χ1n) is 6.61. The highest BCUT2D eigenvalue weighted by atomic mass is 35.5. The molecule has 7 heteroatoms. The lowest BCUT2D eigenvalue weighted by Crippen LogP contribution is -2.41. The van der Waals surface area contributed by atoms with E-state index in [1.54, 1.807) is 36.1 Å². The fraction of sp³-hybridized carbons (Fsp3) is 0.429. The summed E-state index contributed by atoms with van der Waals surface area (Å²) in [5.74, 6) is 0.285. The second-order valence-corrected chi connectivity index (χ2v) is 5.04. The van der Waals surface area contributed by atoms with Gasteiger partial charge in [-0.3, -0.25) is 4.79 Å². The maximum absolute atomic E-state index is 12.1. The third-order valence-corrected chi connectivity index (χ3v) is 3.28. The van der Waals surface area contributed by atoms with Crippen LogP contribution in [0, 0.1) is 5.92 Å². The minimum atomic E-state index is -0.227. The van der Waals surface area contributed by atoms with Crippen LogP contribution in [0.2, 0.25) is 5.02 Å². The van der Waals surface area contributed by atoms with Crippen molar-refractivity contribution in [3.8, 4) is 5.75 Å². The summed E-state index contributed by atoms with van der Waals surface area (Å²) in [5.41, 5.74) is 5.52. The first-order chi connectivity index (χ1) is 9.97. The molecule has 0 saturated carbocycles. The maximum Gasteiger partial charge on any atom is 0.260 e. The number of hydrogen-bond acceptors (Lipinski definition) is 4. The van der Waals surface area contributed by atoms with Crippen molar-refractivity contribution < 1.29 is 14.7 Å². The van der Waals surface area contributed by atoms with Gasteiger partial charge >= 0.3 is 0 Å². The zero-order chi connectivity index (χ0) is 15.8. The third kappa shape index (κ3) is 5.51. The van der Waals surface area contributed by atoms with Gasteiger partial charge in [0.15, 0.2) is 6.61 Å². The van der Waals surface area contributed by atoms with Crippen LogP contribution in [0.3, 0.4) is 0 Å². The number of benzene rings is 1. The van der Waals surface area contributed by atoms with Gasteiger partial charge in [0.1, 0.15) is 11.6 Å². The Balaban J connectivity index is 2.53. The van der Waals surface area contributed by atoms with Gasteiger partial charge in [-0.2, -0.15) is 0 Å². The van der Waals surface area contributed by atoms with Gasteiger partial charge < -0.3 is 20.6 Å². The zero-order valence-electron chi connectivity index (χ0n) is 12.1. The van der Waals surface area contributed by atoms with Crippen molar-refractivity contribution >= 4 is 23.3 Å². The molecule has 0 bridgehead atoms. The van der Waals surface area contributed by atoms with Crippen LogP contribution >= 0.6 is 11.6 Å². The molecule has 0 heterocycles. The van der Waals surface area contributed by atoms with Gasteiger partial charge in [-0.15, -0.1) is 0 Å². The van der Waals surface area contributed by atoms with Gasteiger partial charge in [-0.25, -0.2) is 0 Å². The molecule has 0 aliphatic rings. The Labute approximate surface area is 129 Å². The van der Waals surface area contributed by atoms with Crippen molar-refractivity contribution in [2.45, 2.75) is 13.8 Å². The normalized spacial score (nSPS) is 12.8. The number of carbonyl (C=O) groups is 1. The topological polar surface area (TPSA) is 88.1 Å². The summed E-state index contributed by atoms with van der Waals surface area (Å²) in [6.45, 7) is 4.46. The van der Waals surface area contributed by atoms with Gasteiger partial charge in [-0.05, 0) is 31.2 Å². The summed E-state index contributed by atoms with van der Waals surface area (Å²) in [6.07, 6.45) is 0. The number of halogens is 1. The molecule has 1 rings (SSSR count). The summed E-state index contributed by atoms with van der Waals surface area (Å²) in [6, 6.07) is 6.79. The molecule has 6 nitrogen and oxygen atoms in total. The number of oxime groups is 1. The predicted molar refractivity (Wildman–Crippen MR) is 81.8 cm³/mol. The largest absolute Gasteiger partial charge is 0.484 e. The minimum absolute atomic E-state index is 0.0711. The summed E-state index contributed by atoms with van der Waals surface area (Å²) in [5, 5.41) is 12.2. The smallest absolute Gasteiger partial charge is 0.260 e. The Morgan fingerprint density at radius 1 is 1.48 bits per heavy atom. The van der Waals surface area contributed by atoms with Crippen molar-refractivity contribution in [3.05, 3.63) is 29.3 Å². The molecule has 21 heavy (non-hydrogen) atoms. The average Bonchev–Trinajstić information content (AvgIpc) is 2.50. The molecule has 3 N–H and O–H groups in total. The van der Waals surface area contributed by atoms with Crippen LogP contribution in [-0.2, 0) is 4.79 Å². The van der Waals surface area contributed by atoms with E-state index in [1.165, 1.54) is 0 Å². The Morgan fingerprint density at radius 3 is 2.62 bits per heavy atom. The predicted octanol–water partition coefficient (Wildman–Crippen LogP) is 1.95. The number of ether oxygens (including phenoxy) is 1. The van der Waals surface area contributed by atoms with Crippen LogP contribution in [0.5, 0.6) is 5.75 Å². The lowest BCUT2D eigenvalue weighted by Gasteiger charge is -2.24. The van der Waals surface area contributed by atoms with Crippen LogP contribution in [0.25, 0.3) is 0 Å². The summed E-state index contributed by atoms with van der Waals surface area (Å²) < 4.78 is 5.41. The molecule has 116 valence electrons. The molecule has 1 atom stereocenters. The molecule has 0 aromatic heterocycles. The quantitative estimate of drug-likeness (QED) is 0.348. The number of nitrogens with zero attached hydrogens (tertiary/aromatic N) is 2. The van der Waals surface area contributed by atoms with Crippen molar-refractivity contribution in [2.24, 2.45) is 16.8 Å². The van der Waals surface area contributed by atoms with Crippen LogP contribution in [0.1, 0.15) is 13.8 Å². The molecule has 0 fully saturated rings. The van der Waals surface area contributed by atoms with E-state index in [4.69, 9.17) is 27.3 Å². The van der Waals surface area contributed by atoms with Gasteiger partial charge in [0.2, 0.25) is 0 Å². The average molecular weight is 314 g/mol. The summed E-state index contributed by atoms with van der Waals surface area (Å²) in [7, 11) is 0. The van der Waals surface area contributed by atoms with Gasteiger partial charge in [0, 0.05) is 24.0 Å². The number of hydrogen-bond donors (Lipinski definition) is 2. The molecule has 1 amide bonds. The Morgan fingerprint density at radius 2 is 2.10 bits per heavy atom. The lowest BCUT2D eigenvalue weighted by molar-refractivity contribution is -0.133. The van der Waals surface area contributed by atoms with Crippen molar-refractivity contribution in [3.63, 3.8) is 0 Å². The standard InChI is InChI=1S/C14H20ClN3O3/c1-3-18(8-10(2)14(16)17-20)13(19)9-21-12-6-4-11(15)5-7-12/h4-7,10,20H,3,8-9H2,1-2H3,(H2,16,17). The molecule has 0 spiro atoms. The van der Waals surface area contributed by atoms with E-state index in [1.807, 2.05) is 6.92 Å². The molecule has 0 aliphatic heterocycles. The Hall–Kier alpha value is -1.95. The van der Waals surface area contributed by atoms with Crippen LogP contribution < -0.4 is 10.5 Å². The van der Waals surface area contributed by atoms with Crippen LogP contribution in [-0.4, -0.2) is 41.5 Å². The third-order valence-electron chi connectivity index (χ3n) is 3.02. The van der Waals surface area contributed by atoms with Crippen LogP contribution in [0.15, 0.2) is 29.4 Å². The zero-order valence-corrected chi connectivity index (χ0v) is 12.9. The highest BCUT2D eigenvalue weighted by Crippen LogP contribution is 2.15. The first-order valence-corrected chi connectivity index (χ1v) is 6.99. The number of amidine groups is 1. The van der Waals surface area contributed by atoms with Crippen LogP contribution in [0.4, 0.5) is 0 Å². The second kappa shape index (κ2) is 8.36. The molecule has 0 saturated heterocycles. The van der Waals surface area contributed by atoms with Crippen molar-refractivity contribution in [1.29, 1.82) is 0 Å². The lowest BCUT2D eigenvalue weighted by atomic mass is 10.1. The molecule has 0 radical (unpaired) electrons. The summed E-state index contributed by atoms with van der Waals surface area (Å²) >= 11 is 5.77. The highest BCUT2D eigenvalue weighted by molar-refractivity contribution is 6.30. The first kappa shape index (κ1) is 17.1. The van der Waals surface area contributed by atoms with Gasteiger partial charge in [0.25, 0.3) is 5.91 Å². The van der Waals surface area contributed by atoms with E-state index in [9.17, 15) is 4.79 Å². The Kier molecular flexibility index (Phi) is 6.81. The van der Waals surface area contributed by atoms with Gasteiger partial charge in [0.05, 0.1) is 0 Å². The van der Waals surface area contributed by atoms with E-state index in [0.717, 1.165) is 0 Å². The molecule has 1 aromatic rings. The number of likely N-dealkylation sites (N-methyl/N-ethyl adjacent to an activating group) is 1. The summed E-state index contributed by atoms with van der Waals surface area (Å²) in [4.78, 5) is 13.7. The monoisotopic (exact) mass is 313 g/mol. The molecular weight excluding hydrogens is 294 g/mol. The minimum Gasteiger partial charge on any atom is -0.484 e. The van der Waals surface area contributed by atoms with E-state index in [-0.39, 0.29) is 24.3 Å². The Bertz CT molecular complexity index is 491. The molecular formula is C14H20ClN3O3. The van der Waals surface area contributed by atoms with E-state index >= 15 is 0 Å². The number of nitrogens with two attached hydrogens (primary N) is 1. The fourth-order valence-corrected chi connectivity index (χ4v) is 1.82. The van der Waals surface area contributed by atoms with E-state index in [0.29, 0.717) is 23.9 Å². The SMILES string of the molecule is CCN(CC(C)C(N)=NO)C(=O)COc1ccc(Cl)cc1. The van der Waals surface area contributed by atoms with Crippen molar-refractivity contribution in [2.75, 3.05) is 19.7 Å².